The van der Waals surface area contributed by atoms with Gasteiger partial charge in [0.1, 0.15) is 6.54 Å². The molecule has 2 aromatic carbocycles. The molecule has 0 unspecified atom stereocenters. The zero-order valence-electron chi connectivity index (χ0n) is 15.4. The summed E-state index contributed by atoms with van der Waals surface area (Å²) in [5.74, 6) is -1.45. The number of hydrogen-bond acceptors (Lipinski definition) is 3. The highest BCUT2D eigenvalue weighted by atomic mass is 16.2. The number of carbonyl (C=O) groups is 3. The highest BCUT2D eigenvalue weighted by molar-refractivity contribution is 6.35. The van der Waals surface area contributed by atoms with E-state index in [1.54, 1.807) is 0 Å². The summed E-state index contributed by atoms with van der Waals surface area (Å²) in [6.07, 6.45) is 0. The first-order valence-electron chi connectivity index (χ1n) is 8.97. The Hall–Kier alpha value is -3.15. The largest absolute Gasteiger partial charge is 0.350 e. The molecule has 6 nitrogen and oxygen atoms in total. The summed E-state index contributed by atoms with van der Waals surface area (Å²) in [6, 6.07) is 17.4. The molecule has 1 fully saturated rings. The maximum atomic E-state index is 12.3. The van der Waals surface area contributed by atoms with E-state index in [0.29, 0.717) is 26.2 Å². The van der Waals surface area contributed by atoms with Gasteiger partial charge in [-0.25, -0.2) is 0 Å². The maximum absolute atomic E-state index is 12.3. The van der Waals surface area contributed by atoms with Crippen molar-refractivity contribution < 1.29 is 14.4 Å². The Morgan fingerprint density at radius 2 is 1.52 bits per heavy atom. The first kappa shape index (κ1) is 18.6. The van der Waals surface area contributed by atoms with Crippen molar-refractivity contribution in [3.8, 4) is 0 Å². The highest BCUT2D eigenvalue weighted by Gasteiger charge is 2.33. The molecule has 0 aromatic heterocycles. The summed E-state index contributed by atoms with van der Waals surface area (Å²) >= 11 is 0. The lowest BCUT2D eigenvalue weighted by Crippen LogP contribution is -2.55. The molecule has 3 amide bonds. The van der Waals surface area contributed by atoms with Crippen molar-refractivity contribution in [3.05, 3.63) is 71.3 Å². The van der Waals surface area contributed by atoms with Crippen LogP contribution in [-0.4, -0.2) is 47.2 Å². The summed E-state index contributed by atoms with van der Waals surface area (Å²) in [5.41, 5.74) is 3.12. The Bertz CT molecular complexity index is 818. The summed E-state index contributed by atoms with van der Waals surface area (Å²) < 4.78 is 0. The number of piperazine rings is 1. The second kappa shape index (κ2) is 8.49. The van der Waals surface area contributed by atoms with Gasteiger partial charge in [0.15, 0.2) is 0 Å². The van der Waals surface area contributed by atoms with Crippen LogP contribution in [0.3, 0.4) is 0 Å². The summed E-state index contributed by atoms with van der Waals surface area (Å²) in [7, 11) is 0. The van der Waals surface area contributed by atoms with Gasteiger partial charge in [0.2, 0.25) is 5.91 Å². The molecular weight excluding hydrogens is 342 g/mol. The van der Waals surface area contributed by atoms with E-state index in [4.69, 9.17) is 0 Å². The minimum atomic E-state index is -0.623. The summed E-state index contributed by atoms with van der Waals surface area (Å²) in [6.45, 7) is 3.48. The van der Waals surface area contributed by atoms with Gasteiger partial charge >= 0.3 is 11.8 Å². The van der Waals surface area contributed by atoms with E-state index in [-0.39, 0.29) is 12.5 Å². The normalized spacial score (nSPS) is 14.4. The average molecular weight is 365 g/mol. The van der Waals surface area contributed by atoms with Crippen molar-refractivity contribution in [2.75, 3.05) is 19.6 Å². The van der Waals surface area contributed by atoms with Gasteiger partial charge in [-0.1, -0.05) is 60.2 Å². The molecular formula is C21H23N3O3. The Morgan fingerprint density at radius 1 is 0.889 bits per heavy atom. The van der Waals surface area contributed by atoms with Gasteiger partial charge in [0.25, 0.3) is 0 Å². The number of benzene rings is 2. The molecule has 1 aliphatic heterocycles. The van der Waals surface area contributed by atoms with E-state index in [9.17, 15) is 14.4 Å². The van der Waals surface area contributed by atoms with Crippen LogP contribution in [0, 0.1) is 6.92 Å². The Morgan fingerprint density at radius 3 is 2.22 bits per heavy atom. The van der Waals surface area contributed by atoms with Crippen LogP contribution in [0.1, 0.15) is 16.7 Å². The van der Waals surface area contributed by atoms with E-state index >= 15 is 0 Å². The topological polar surface area (TPSA) is 69.7 Å². The van der Waals surface area contributed by atoms with Crippen LogP contribution >= 0.6 is 0 Å². The molecule has 0 saturated carbocycles. The number of hydrogen-bond donors (Lipinski definition) is 1. The number of nitrogens with one attached hydrogen (secondary N) is 1. The van der Waals surface area contributed by atoms with E-state index in [0.717, 1.165) is 16.7 Å². The van der Waals surface area contributed by atoms with Crippen molar-refractivity contribution >= 4 is 17.7 Å². The number of carbonyl (C=O) groups excluding carboxylic acids is 3. The summed E-state index contributed by atoms with van der Waals surface area (Å²) in [4.78, 5) is 39.7. The molecule has 1 saturated heterocycles. The average Bonchev–Trinajstić information content (AvgIpc) is 2.68. The van der Waals surface area contributed by atoms with Crippen LogP contribution in [-0.2, 0) is 27.5 Å². The third-order valence-corrected chi connectivity index (χ3v) is 4.56. The molecule has 0 radical (unpaired) electrons. The fraction of sp³-hybridized carbons (Fsp3) is 0.286. The van der Waals surface area contributed by atoms with Gasteiger partial charge in [-0.3, -0.25) is 14.4 Å². The van der Waals surface area contributed by atoms with E-state index in [1.807, 2.05) is 61.5 Å². The van der Waals surface area contributed by atoms with Gasteiger partial charge in [0.05, 0.1) is 0 Å². The van der Waals surface area contributed by atoms with Crippen molar-refractivity contribution in [2.24, 2.45) is 0 Å². The zero-order valence-corrected chi connectivity index (χ0v) is 15.4. The highest BCUT2D eigenvalue weighted by Crippen LogP contribution is 2.10. The SMILES string of the molecule is Cc1ccc(CNC(=O)CN2CCN(Cc3ccccc3)C(=O)C2=O)cc1. The molecule has 0 aliphatic carbocycles. The van der Waals surface area contributed by atoms with Crippen LogP contribution in [0.5, 0.6) is 0 Å². The van der Waals surface area contributed by atoms with E-state index in [1.165, 1.54) is 9.80 Å². The van der Waals surface area contributed by atoms with Crippen LogP contribution in [0.4, 0.5) is 0 Å². The van der Waals surface area contributed by atoms with Crippen molar-refractivity contribution in [2.45, 2.75) is 20.0 Å². The smallest absolute Gasteiger partial charge is 0.312 e. The van der Waals surface area contributed by atoms with Crippen molar-refractivity contribution in [1.29, 1.82) is 0 Å². The van der Waals surface area contributed by atoms with Crippen LogP contribution in [0.25, 0.3) is 0 Å². The summed E-state index contributed by atoms with van der Waals surface area (Å²) in [5, 5.41) is 2.79. The lowest BCUT2D eigenvalue weighted by molar-refractivity contribution is -0.157. The lowest BCUT2D eigenvalue weighted by Gasteiger charge is -2.33. The van der Waals surface area contributed by atoms with E-state index < -0.39 is 11.8 Å². The van der Waals surface area contributed by atoms with Crippen molar-refractivity contribution in [3.63, 3.8) is 0 Å². The first-order chi connectivity index (χ1) is 13.0. The molecule has 0 atom stereocenters. The minimum absolute atomic E-state index is 0.102. The van der Waals surface area contributed by atoms with Crippen molar-refractivity contribution in [1.82, 2.24) is 15.1 Å². The Balaban J connectivity index is 1.50. The standard InChI is InChI=1S/C21H23N3O3/c1-16-7-9-17(10-8-16)13-22-19(25)15-24-12-11-23(20(26)21(24)27)14-18-5-3-2-4-6-18/h2-10H,11-15H2,1H3,(H,22,25). The number of amides is 3. The first-order valence-corrected chi connectivity index (χ1v) is 8.97. The molecule has 1 N–H and O–H groups in total. The monoisotopic (exact) mass is 365 g/mol. The van der Waals surface area contributed by atoms with Gasteiger partial charge < -0.3 is 15.1 Å². The molecule has 1 heterocycles. The van der Waals surface area contributed by atoms with Crippen LogP contribution in [0.15, 0.2) is 54.6 Å². The van der Waals surface area contributed by atoms with E-state index in [2.05, 4.69) is 5.32 Å². The molecule has 1 aliphatic rings. The fourth-order valence-corrected chi connectivity index (χ4v) is 2.96. The molecule has 2 aromatic rings. The van der Waals surface area contributed by atoms with Crippen LogP contribution in [0.2, 0.25) is 0 Å². The molecule has 0 spiro atoms. The predicted molar refractivity (Wildman–Crippen MR) is 101 cm³/mol. The fourth-order valence-electron chi connectivity index (χ4n) is 2.96. The second-order valence-corrected chi connectivity index (χ2v) is 6.70. The molecule has 27 heavy (non-hydrogen) atoms. The molecule has 3 rings (SSSR count). The minimum Gasteiger partial charge on any atom is -0.350 e. The second-order valence-electron chi connectivity index (χ2n) is 6.70. The van der Waals surface area contributed by atoms with Gasteiger partial charge in [-0.2, -0.15) is 0 Å². The predicted octanol–water partition coefficient (Wildman–Crippen LogP) is 1.48. The molecule has 0 bridgehead atoms. The molecule has 140 valence electrons. The van der Waals surface area contributed by atoms with Gasteiger partial charge in [-0.05, 0) is 18.1 Å². The number of aryl methyl sites for hydroxylation is 1. The quantitative estimate of drug-likeness (QED) is 0.789. The number of rotatable bonds is 6. The van der Waals surface area contributed by atoms with Crippen LogP contribution < -0.4 is 5.32 Å². The molecule has 6 heteroatoms. The number of nitrogens with zero attached hydrogens (tertiary/aromatic N) is 2. The third kappa shape index (κ3) is 4.94. The Labute approximate surface area is 158 Å². The van der Waals surface area contributed by atoms with Gasteiger partial charge in [0, 0.05) is 26.2 Å². The third-order valence-electron chi connectivity index (χ3n) is 4.56. The Kier molecular flexibility index (Phi) is 5.86. The van der Waals surface area contributed by atoms with Gasteiger partial charge in [-0.15, -0.1) is 0 Å². The maximum Gasteiger partial charge on any atom is 0.312 e. The lowest BCUT2D eigenvalue weighted by atomic mass is 10.1. The zero-order chi connectivity index (χ0) is 19.2.